The van der Waals surface area contributed by atoms with Gasteiger partial charge in [0, 0.05) is 25.0 Å². The first kappa shape index (κ1) is 18.3. The van der Waals surface area contributed by atoms with Crippen molar-refractivity contribution in [2.24, 2.45) is 11.8 Å². The van der Waals surface area contributed by atoms with E-state index in [1.54, 1.807) is 0 Å². The molecule has 0 aromatic rings. The van der Waals surface area contributed by atoms with E-state index in [-0.39, 0.29) is 35.4 Å². The number of β-lactam (4-membered cyclic amide) rings is 1. The molecule has 0 N–H and O–H groups in total. The van der Waals surface area contributed by atoms with Crippen LogP contribution in [-0.4, -0.2) is 59.0 Å². The van der Waals surface area contributed by atoms with E-state index in [0.717, 1.165) is 45.4 Å². The van der Waals surface area contributed by atoms with Crippen molar-refractivity contribution in [1.82, 2.24) is 9.80 Å². The standard InChI is InChI=1S/C21H34N2O3/c1-15(2)19(24)22-12-8-17(9-13-22)23-20(25)18(26-14-16-6-7-16)21(23)10-4-3-5-11-21/h15-18H,3-14H2,1-2H3. The lowest BCUT2D eigenvalue weighted by molar-refractivity contribution is -0.211. The van der Waals surface area contributed by atoms with Gasteiger partial charge in [0.15, 0.2) is 6.10 Å². The van der Waals surface area contributed by atoms with Crippen LogP contribution in [0.2, 0.25) is 0 Å². The van der Waals surface area contributed by atoms with E-state index in [4.69, 9.17) is 4.74 Å². The number of carbonyl (C=O) groups excluding carboxylic acids is 2. The molecule has 26 heavy (non-hydrogen) atoms. The molecule has 4 rings (SSSR count). The van der Waals surface area contributed by atoms with Crippen LogP contribution in [0.3, 0.4) is 0 Å². The first-order valence-electron chi connectivity index (χ1n) is 10.8. The molecule has 1 spiro atoms. The Kier molecular flexibility index (Phi) is 5.02. The molecule has 0 radical (unpaired) electrons. The van der Waals surface area contributed by atoms with Crippen molar-refractivity contribution in [1.29, 1.82) is 0 Å². The number of likely N-dealkylation sites (tertiary alicyclic amines) is 2. The zero-order valence-electron chi connectivity index (χ0n) is 16.4. The van der Waals surface area contributed by atoms with Crippen LogP contribution in [0.5, 0.6) is 0 Å². The number of nitrogens with zero attached hydrogens (tertiary/aromatic N) is 2. The molecule has 2 saturated carbocycles. The molecule has 2 aliphatic heterocycles. The van der Waals surface area contributed by atoms with Gasteiger partial charge in [0.05, 0.1) is 12.1 Å². The maximum absolute atomic E-state index is 13.0. The van der Waals surface area contributed by atoms with Crippen molar-refractivity contribution in [2.75, 3.05) is 19.7 Å². The highest BCUT2D eigenvalue weighted by atomic mass is 16.5. The second kappa shape index (κ2) is 7.14. The maximum atomic E-state index is 13.0. The normalized spacial score (nSPS) is 29.3. The third-order valence-electron chi connectivity index (χ3n) is 6.98. The minimum Gasteiger partial charge on any atom is -0.366 e. The molecular formula is C21H34N2O3. The van der Waals surface area contributed by atoms with Crippen LogP contribution in [0.4, 0.5) is 0 Å². The van der Waals surface area contributed by atoms with Gasteiger partial charge in [-0.05, 0) is 44.4 Å². The largest absolute Gasteiger partial charge is 0.366 e. The zero-order valence-corrected chi connectivity index (χ0v) is 16.4. The van der Waals surface area contributed by atoms with Crippen LogP contribution in [-0.2, 0) is 14.3 Å². The number of hydrogen-bond acceptors (Lipinski definition) is 3. The molecule has 2 heterocycles. The molecule has 2 amide bonds. The summed E-state index contributed by atoms with van der Waals surface area (Å²) in [6, 6.07) is 0.289. The van der Waals surface area contributed by atoms with Gasteiger partial charge in [-0.25, -0.2) is 0 Å². The Morgan fingerprint density at radius 2 is 1.77 bits per heavy atom. The minimum absolute atomic E-state index is 0.0425. The predicted octanol–water partition coefficient (Wildman–Crippen LogP) is 2.97. The molecule has 1 unspecified atom stereocenters. The van der Waals surface area contributed by atoms with E-state index in [1.807, 2.05) is 18.7 Å². The summed E-state index contributed by atoms with van der Waals surface area (Å²) in [6.07, 6.45) is 10.1. The number of hydrogen-bond donors (Lipinski definition) is 0. The van der Waals surface area contributed by atoms with Gasteiger partial charge < -0.3 is 14.5 Å². The summed E-state index contributed by atoms with van der Waals surface area (Å²) in [5.74, 6) is 1.22. The highest BCUT2D eigenvalue weighted by molar-refractivity contribution is 5.91. The zero-order chi connectivity index (χ0) is 18.3. The summed E-state index contributed by atoms with van der Waals surface area (Å²) in [5.41, 5.74) is -0.0425. The van der Waals surface area contributed by atoms with Crippen LogP contribution >= 0.6 is 0 Å². The van der Waals surface area contributed by atoms with Crippen molar-refractivity contribution in [3.8, 4) is 0 Å². The number of rotatable bonds is 5. The fraction of sp³-hybridized carbons (Fsp3) is 0.905. The van der Waals surface area contributed by atoms with Gasteiger partial charge in [-0.1, -0.05) is 33.1 Å². The number of amides is 2. The van der Waals surface area contributed by atoms with Crippen molar-refractivity contribution in [3.63, 3.8) is 0 Å². The average Bonchev–Trinajstić information content (AvgIpc) is 3.47. The van der Waals surface area contributed by atoms with Crippen LogP contribution < -0.4 is 0 Å². The number of ether oxygens (including phenoxy) is 1. The van der Waals surface area contributed by atoms with Gasteiger partial charge in [-0.3, -0.25) is 9.59 Å². The molecule has 0 aromatic carbocycles. The Morgan fingerprint density at radius 3 is 2.35 bits per heavy atom. The molecule has 4 aliphatic rings. The van der Waals surface area contributed by atoms with E-state index in [2.05, 4.69) is 4.90 Å². The summed E-state index contributed by atoms with van der Waals surface area (Å²) in [6.45, 7) is 6.27. The Hall–Kier alpha value is -1.10. The third kappa shape index (κ3) is 3.17. The van der Waals surface area contributed by atoms with E-state index in [0.29, 0.717) is 5.92 Å². The van der Waals surface area contributed by atoms with Crippen molar-refractivity contribution < 1.29 is 14.3 Å². The maximum Gasteiger partial charge on any atom is 0.254 e. The molecule has 4 fully saturated rings. The van der Waals surface area contributed by atoms with Gasteiger partial charge in [0.25, 0.3) is 5.91 Å². The molecule has 0 bridgehead atoms. The highest BCUT2D eigenvalue weighted by Gasteiger charge is 2.62. The molecule has 5 heteroatoms. The molecule has 1 atom stereocenters. The lowest BCUT2D eigenvalue weighted by atomic mass is 9.68. The summed E-state index contributed by atoms with van der Waals surface area (Å²) < 4.78 is 6.16. The minimum atomic E-state index is -0.196. The van der Waals surface area contributed by atoms with Gasteiger partial charge >= 0.3 is 0 Å². The lowest BCUT2D eigenvalue weighted by Crippen LogP contribution is -2.78. The Balaban J connectivity index is 1.42. The monoisotopic (exact) mass is 362 g/mol. The molecular weight excluding hydrogens is 328 g/mol. The molecule has 2 aliphatic carbocycles. The third-order valence-corrected chi connectivity index (χ3v) is 6.98. The fourth-order valence-corrected chi connectivity index (χ4v) is 5.30. The van der Waals surface area contributed by atoms with Crippen molar-refractivity contribution in [3.05, 3.63) is 0 Å². The summed E-state index contributed by atoms with van der Waals surface area (Å²) >= 11 is 0. The van der Waals surface area contributed by atoms with Gasteiger partial charge in [0.1, 0.15) is 0 Å². The number of carbonyl (C=O) groups is 2. The molecule has 0 aromatic heterocycles. The Morgan fingerprint density at radius 1 is 1.12 bits per heavy atom. The predicted molar refractivity (Wildman–Crippen MR) is 99.6 cm³/mol. The molecule has 2 saturated heterocycles. The van der Waals surface area contributed by atoms with E-state index < -0.39 is 0 Å². The van der Waals surface area contributed by atoms with Gasteiger partial charge in [-0.15, -0.1) is 0 Å². The summed E-state index contributed by atoms with van der Waals surface area (Å²) in [7, 11) is 0. The average molecular weight is 363 g/mol. The highest BCUT2D eigenvalue weighted by Crippen LogP contribution is 2.48. The first-order chi connectivity index (χ1) is 12.5. The number of piperidine rings is 1. The van der Waals surface area contributed by atoms with E-state index in [1.165, 1.54) is 32.1 Å². The fourth-order valence-electron chi connectivity index (χ4n) is 5.30. The first-order valence-corrected chi connectivity index (χ1v) is 10.8. The summed E-state index contributed by atoms with van der Waals surface area (Å²) in [4.78, 5) is 29.5. The summed E-state index contributed by atoms with van der Waals surface area (Å²) in [5, 5.41) is 0. The quantitative estimate of drug-likeness (QED) is 0.707. The molecule has 146 valence electrons. The van der Waals surface area contributed by atoms with Gasteiger partial charge in [0.2, 0.25) is 5.91 Å². The SMILES string of the molecule is CC(C)C(=O)N1CCC(N2C(=O)C(OCC3CC3)C23CCCCC3)CC1. The van der Waals surface area contributed by atoms with Crippen LogP contribution in [0, 0.1) is 11.8 Å². The Labute approximate surface area is 157 Å². The van der Waals surface area contributed by atoms with Crippen LogP contribution in [0.25, 0.3) is 0 Å². The van der Waals surface area contributed by atoms with Crippen LogP contribution in [0.1, 0.15) is 71.6 Å². The smallest absolute Gasteiger partial charge is 0.254 e. The van der Waals surface area contributed by atoms with E-state index in [9.17, 15) is 9.59 Å². The second-order valence-electron chi connectivity index (χ2n) is 9.24. The molecule has 5 nitrogen and oxygen atoms in total. The van der Waals surface area contributed by atoms with Crippen molar-refractivity contribution in [2.45, 2.75) is 89.3 Å². The second-order valence-corrected chi connectivity index (χ2v) is 9.24. The van der Waals surface area contributed by atoms with E-state index >= 15 is 0 Å². The lowest BCUT2D eigenvalue weighted by Gasteiger charge is -2.62. The van der Waals surface area contributed by atoms with Crippen LogP contribution in [0.15, 0.2) is 0 Å². The van der Waals surface area contributed by atoms with Crippen molar-refractivity contribution >= 4 is 11.8 Å². The van der Waals surface area contributed by atoms with Gasteiger partial charge in [-0.2, -0.15) is 0 Å². The topological polar surface area (TPSA) is 49.9 Å². The Bertz CT molecular complexity index is 543.